The third-order valence-electron chi connectivity index (χ3n) is 1.31. The number of carbonyl (C=O) groups is 1. The minimum absolute atomic E-state index is 0.106. The Balaban J connectivity index is 2.32. The standard InChI is InChI=1S/C5H9NO2/c7-3-4-1-5(8)2-6-4/h3-6,8H,1-2H2/t4-,5+/m0/s1. The molecule has 2 N–H and O–H groups in total. The molecule has 0 spiro atoms. The maximum Gasteiger partial charge on any atom is 0.136 e. The average Bonchev–Trinajstić information content (AvgIpc) is 2.14. The van der Waals surface area contributed by atoms with Crippen LogP contribution in [0.25, 0.3) is 0 Å². The number of nitrogens with one attached hydrogen (secondary N) is 1. The van der Waals surface area contributed by atoms with E-state index in [0.29, 0.717) is 13.0 Å². The van der Waals surface area contributed by atoms with Crippen molar-refractivity contribution in [2.45, 2.75) is 18.6 Å². The predicted molar refractivity (Wildman–Crippen MR) is 28.5 cm³/mol. The number of rotatable bonds is 1. The Hall–Kier alpha value is -0.410. The molecular weight excluding hydrogens is 106 g/mol. The number of hydrogen-bond donors (Lipinski definition) is 2. The van der Waals surface area contributed by atoms with Crippen molar-refractivity contribution < 1.29 is 9.90 Å². The van der Waals surface area contributed by atoms with Gasteiger partial charge in [-0.2, -0.15) is 0 Å². The Morgan fingerprint density at radius 1 is 1.75 bits per heavy atom. The lowest BCUT2D eigenvalue weighted by Crippen LogP contribution is -2.22. The van der Waals surface area contributed by atoms with Crippen molar-refractivity contribution in [3.8, 4) is 0 Å². The molecule has 0 aromatic rings. The Labute approximate surface area is 47.7 Å². The zero-order valence-electron chi connectivity index (χ0n) is 4.50. The molecule has 0 aromatic carbocycles. The smallest absolute Gasteiger partial charge is 0.136 e. The van der Waals surface area contributed by atoms with Gasteiger partial charge in [0.2, 0.25) is 0 Å². The van der Waals surface area contributed by atoms with Crippen LogP contribution in [0.1, 0.15) is 6.42 Å². The highest BCUT2D eigenvalue weighted by Crippen LogP contribution is 2.02. The van der Waals surface area contributed by atoms with E-state index in [1.54, 1.807) is 0 Å². The molecule has 0 unspecified atom stereocenters. The van der Waals surface area contributed by atoms with Crippen LogP contribution in [0.4, 0.5) is 0 Å². The highest BCUT2D eigenvalue weighted by Gasteiger charge is 2.20. The number of aldehydes is 1. The minimum Gasteiger partial charge on any atom is -0.392 e. The Morgan fingerprint density at radius 3 is 2.75 bits per heavy atom. The summed E-state index contributed by atoms with van der Waals surface area (Å²) in [5, 5.41) is 11.6. The van der Waals surface area contributed by atoms with Crippen LogP contribution in [-0.4, -0.2) is 30.1 Å². The number of aliphatic hydroxyl groups excluding tert-OH is 1. The number of hydrogen-bond acceptors (Lipinski definition) is 3. The van der Waals surface area contributed by atoms with Crippen LogP contribution in [0.2, 0.25) is 0 Å². The van der Waals surface area contributed by atoms with Crippen molar-refractivity contribution in [2.24, 2.45) is 0 Å². The molecule has 0 aliphatic carbocycles. The van der Waals surface area contributed by atoms with E-state index in [1.165, 1.54) is 0 Å². The average molecular weight is 115 g/mol. The molecule has 46 valence electrons. The monoisotopic (exact) mass is 115 g/mol. The largest absolute Gasteiger partial charge is 0.392 e. The van der Waals surface area contributed by atoms with Gasteiger partial charge >= 0.3 is 0 Å². The maximum atomic E-state index is 9.98. The van der Waals surface area contributed by atoms with Gasteiger partial charge in [0.1, 0.15) is 6.29 Å². The van der Waals surface area contributed by atoms with Gasteiger partial charge in [-0.25, -0.2) is 0 Å². The second kappa shape index (κ2) is 2.24. The molecule has 8 heavy (non-hydrogen) atoms. The van der Waals surface area contributed by atoms with Crippen LogP contribution < -0.4 is 5.32 Å². The number of β-amino-alcohol motifs (C(OH)–C–C–N with tert-alkyl or cyclic N) is 1. The second-order valence-corrected chi connectivity index (χ2v) is 2.04. The van der Waals surface area contributed by atoms with E-state index in [4.69, 9.17) is 5.11 Å². The van der Waals surface area contributed by atoms with Gasteiger partial charge in [0.05, 0.1) is 12.1 Å². The van der Waals surface area contributed by atoms with Gasteiger partial charge in [-0.05, 0) is 6.42 Å². The van der Waals surface area contributed by atoms with E-state index < -0.39 is 0 Å². The quantitative estimate of drug-likeness (QED) is 0.427. The van der Waals surface area contributed by atoms with Crippen molar-refractivity contribution in [3.63, 3.8) is 0 Å². The minimum atomic E-state index is -0.315. The maximum absolute atomic E-state index is 9.98. The van der Waals surface area contributed by atoms with E-state index in [-0.39, 0.29) is 12.1 Å². The van der Waals surface area contributed by atoms with Crippen molar-refractivity contribution in [2.75, 3.05) is 6.54 Å². The lowest BCUT2D eigenvalue weighted by Gasteiger charge is -1.94. The van der Waals surface area contributed by atoms with Crippen molar-refractivity contribution in [3.05, 3.63) is 0 Å². The number of aliphatic hydroxyl groups is 1. The molecule has 1 saturated heterocycles. The van der Waals surface area contributed by atoms with Gasteiger partial charge < -0.3 is 15.2 Å². The first-order valence-electron chi connectivity index (χ1n) is 2.69. The van der Waals surface area contributed by atoms with Crippen molar-refractivity contribution in [1.29, 1.82) is 0 Å². The zero-order valence-corrected chi connectivity index (χ0v) is 4.50. The van der Waals surface area contributed by atoms with Gasteiger partial charge in [0.15, 0.2) is 0 Å². The third kappa shape index (κ3) is 1.05. The molecule has 1 heterocycles. The summed E-state index contributed by atoms with van der Waals surface area (Å²) in [6.07, 6.45) is 1.09. The van der Waals surface area contributed by atoms with Gasteiger partial charge in [0, 0.05) is 6.54 Å². The van der Waals surface area contributed by atoms with Crippen LogP contribution in [0.5, 0.6) is 0 Å². The summed E-state index contributed by atoms with van der Waals surface area (Å²) in [5.74, 6) is 0. The van der Waals surface area contributed by atoms with E-state index in [0.717, 1.165) is 6.29 Å². The summed E-state index contributed by atoms with van der Waals surface area (Å²) in [6.45, 7) is 0.559. The summed E-state index contributed by atoms with van der Waals surface area (Å²) >= 11 is 0. The molecule has 1 aliphatic rings. The highest BCUT2D eigenvalue weighted by atomic mass is 16.3. The van der Waals surface area contributed by atoms with Crippen LogP contribution in [0.15, 0.2) is 0 Å². The molecule has 3 nitrogen and oxygen atoms in total. The first kappa shape index (κ1) is 5.72. The molecule has 3 heteroatoms. The lowest BCUT2D eigenvalue weighted by molar-refractivity contribution is -0.109. The molecule has 0 aromatic heterocycles. The van der Waals surface area contributed by atoms with Gasteiger partial charge in [-0.3, -0.25) is 0 Å². The summed E-state index contributed by atoms with van der Waals surface area (Å²) in [7, 11) is 0. The summed E-state index contributed by atoms with van der Waals surface area (Å²) in [4.78, 5) is 9.98. The van der Waals surface area contributed by atoms with Gasteiger partial charge in [0.25, 0.3) is 0 Å². The molecule has 1 aliphatic heterocycles. The summed E-state index contributed by atoms with van der Waals surface area (Å²) in [5.41, 5.74) is 0. The SMILES string of the molecule is O=C[C@@H]1C[C@@H](O)CN1. The van der Waals surface area contributed by atoms with Crippen LogP contribution in [-0.2, 0) is 4.79 Å². The molecular formula is C5H9NO2. The van der Waals surface area contributed by atoms with Gasteiger partial charge in [-0.1, -0.05) is 0 Å². The van der Waals surface area contributed by atoms with E-state index in [2.05, 4.69) is 5.32 Å². The Morgan fingerprint density at radius 2 is 2.50 bits per heavy atom. The zero-order chi connectivity index (χ0) is 5.98. The fourth-order valence-electron chi connectivity index (χ4n) is 0.851. The normalized spacial score (nSPS) is 37.6. The molecule has 0 saturated carbocycles. The Kier molecular flexibility index (Phi) is 1.60. The van der Waals surface area contributed by atoms with Crippen LogP contribution in [0.3, 0.4) is 0 Å². The topological polar surface area (TPSA) is 49.3 Å². The molecule has 1 rings (SSSR count). The summed E-state index contributed by atoms with van der Waals surface area (Å²) < 4.78 is 0. The third-order valence-corrected chi connectivity index (χ3v) is 1.31. The van der Waals surface area contributed by atoms with E-state index >= 15 is 0 Å². The molecule has 0 bridgehead atoms. The molecule has 0 amide bonds. The molecule has 2 atom stereocenters. The highest BCUT2D eigenvalue weighted by molar-refractivity contribution is 5.58. The van der Waals surface area contributed by atoms with Crippen LogP contribution >= 0.6 is 0 Å². The predicted octanol–water partition coefficient (Wildman–Crippen LogP) is -1.09. The first-order chi connectivity index (χ1) is 3.83. The van der Waals surface area contributed by atoms with E-state index in [1.807, 2.05) is 0 Å². The Bertz CT molecular complexity index is 94.4. The number of carbonyl (C=O) groups excluding carboxylic acids is 1. The molecule has 1 fully saturated rings. The fraction of sp³-hybridized carbons (Fsp3) is 0.800. The van der Waals surface area contributed by atoms with E-state index in [9.17, 15) is 4.79 Å². The first-order valence-corrected chi connectivity index (χ1v) is 2.69. The fourth-order valence-corrected chi connectivity index (χ4v) is 0.851. The second-order valence-electron chi connectivity index (χ2n) is 2.04. The van der Waals surface area contributed by atoms with Crippen molar-refractivity contribution >= 4 is 6.29 Å². The van der Waals surface area contributed by atoms with Gasteiger partial charge in [-0.15, -0.1) is 0 Å². The lowest BCUT2D eigenvalue weighted by atomic mass is 10.2. The summed E-state index contributed by atoms with van der Waals surface area (Å²) in [6, 6.07) is -0.106. The molecule has 0 radical (unpaired) electrons. The van der Waals surface area contributed by atoms with Crippen molar-refractivity contribution in [1.82, 2.24) is 5.32 Å². The van der Waals surface area contributed by atoms with Crippen LogP contribution in [0, 0.1) is 0 Å².